The molecule has 1 aromatic rings. The summed E-state index contributed by atoms with van der Waals surface area (Å²) in [5.41, 5.74) is 0.683. The quantitative estimate of drug-likeness (QED) is 0.494. The second-order valence-electron chi connectivity index (χ2n) is 2.64. The Kier molecular flexibility index (Phi) is 2.64. The lowest BCUT2D eigenvalue weighted by Gasteiger charge is -2.11. The molecule has 0 radical (unpaired) electrons. The summed E-state index contributed by atoms with van der Waals surface area (Å²) in [6, 6.07) is 0. The van der Waals surface area contributed by atoms with Gasteiger partial charge in [-0.15, -0.1) is 0 Å². The summed E-state index contributed by atoms with van der Waals surface area (Å²) in [6.07, 6.45) is -2.02. The molecule has 6 nitrogen and oxygen atoms in total. The van der Waals surface area contributed by atoms with Gasteiger partial charge < -0.3 is 20.3 Å². The molecule has 1 aromatic heterocycles. The number of hydrogen-bond acceptors (Lipinski definition) is 4. The monoisotopic (exact) mass is 186 g/mol. The zero-order valence-electron chi connectivity index (χ0n) is 6.93. The standard InChI is InChI=1S/C7H10N2O4/c1-3-4(9-2-8-3)5(10)6(11)7(12)13/h2,5-6,10-11H,1H3,(H,8,9)(H,12,13). The second-order valence-corrected chi connectivity index (χ2v) is 2.64. The first kappa shape index (κ1) is 9.69. The number of aliphatic carboxylic acids is 1. The van der Waals surface area contributed by atoms with Gasteiger partial charge in [0.2, 0.25) is 0 Å². The number of aromatic nitrogens is 2. The van der Waals surface area contributed by atoms with Gasteiger partial charge in [0, 0.05) is 5.69 Å². The van der Waals surface area contributed by atoms with E-state index >= 15 is 0 Å². The Balaban J connectivity index is 2.85. The van der Waals surface area contributed by atoms with Crippen molar-refractivity contribution in [3.05, 3.63) is 17.7 Å². The van der Waals surface area contributed by atoms with E-state index in [0.29, 0.717) is 5.69 Å². The van der Waals surface area contributed by atoms with Gasteiger partial charge >= 0.3 is 5.97 Å². The highest BCUT2D eigenvalue weighted by atomic mass is 16.4. The number of carboxylic acid groups (broad SMARTS) is 1. The predicted molar refractivity (Wildman–Crippen MR) is 41.9 cm³/mol. The average molecular weight is 186 g/mol. The van der Waals surface area contributed by atoms with Crippen LogP contribution in [0.2, 0.25) is 0 Å². The number of H-pyrrole nitrogens is 1. The fraction of sp³-hybridized carbons (Fsp3) is 0.429. The maximum Gasteiger partial charge on any atom is 0.335 e. The molecule has 0 amide bonds. The molecule has 6 heteroatoms. The fourth-order valence-electron chi connectivity index (χ4n) is 0.952. The lowest BCUT2D eigenvalue weighted by atomic mass is 10.1. The number of nitrogens with one attached hydrogen (secondary N) is 1. The molecule has 0 saturated carbocycles. The van der Waals surface area contributed by atoms with Crippen molar-refractivity contribution < 1.29 is 20.1 Å². The van der Waals surface area contributed by atoms with Gasteiger partial charge in [-0.3, -0.25) is 0 Å². The molecule has 0 aliphatic heterocycles. The summed E-state index contributed by atoms with van der Waals surface area (Å²) < 4.78 is 0. The van der Waals surface area contributed by atoms with Gasteiger partial charge in [-0.05, 0) is 6.92 Å². The number of hydrogen-bond donors (Lipinski definition) is 4. The third-order valence-corrected chi connectivity index (χ3v) is 1.70. The van der Waals surface area contributed by atoms with E-state index in [-0.39, 0.29) is 5.69 Å². The maximum atomic E-state index is 10.3. The van der Waals surface area contributed by atoms with Gasteiger partial charge in [0.15, 0.2) is 6.10 Å². The Morgan fingerprint density at radius 2 is 2.23 bits per heavy atom. The van der Waals surface area contributed by atoms with Gasteiger partial charge in [-0.25, -0.2) is 9.78 Å². The first-order chi connectivity index (χ1) is 6.04. The highest BCUT2D eigenvalue weighted by Crippen LogP contribution is 2.16. The van der Waals surface area contributed by atoms with Crippen molar-refractivity contribution in [1.29, 1.82) is 0 Å². The normalized spacial score (nSPS) is 15.3. The van der Waals surface area contributed by atoms with E-state index in [1.165, 1.54) is 6.33 Å². The van der Waals surface area contributed by atoms with Crippen LogP contribution < -0.4 is 0 Å². The Bertz CT molecular complexity index is 309. The van der Waals surface area contributed by atoms with Gasteiger partial charge in [0.25, 0.3) is 0 Å². The number of imidazole rings is 1. The minimum Gasteiger partial charge on any atom is -0.479 e. The molecule has 2 atom stereocenters. The van der Waals surface area contributed by atoms with E-state index in [4.69, 9.17) is 10.2 Å². The molecule has 1 rings (SSSR count). The molecule has 0 spiro atoms. The first-order valence-corrected chi connectivity index (χ1v) is 3.63. The number of rotatable bonds is 3. The summed E-state index contributed by atoms with van der Waals surface area (Å²) in [7, 11) is 0. The summed E-state index contributed by atoms with van der Waals surface area (Å²) in [6.45, 7) is 1.63. The molecule has 0 aliphatic rings. The summed E-state index contributed by atoms with van der Waals surface area (Å²) in [4.78, 5) is 16.7. The van der Waals surface area contributed by atoms with Crippen LogP contribution in [0.1, 0.15) is 17.5 Å². The van der Waals surface area contributed by atoms with E-state index < -0.39 is 18.2 Å². The molecule has 0 bridgehead atoms. The SMILES string of the molecule is Cc1[nH]cnc1C(O)C(O)C(=O)O. The van der Waals surface area contributed by atoms with Crippen LogP contribution in [0.4, 0.5) is 0 Å². The predicted octanol–water partition coefficient (Wildman–Crippen LogP) is -0.803. The van der Waals surface area contributed by atoms with Crippen molar-refractivity contribution in [2.75, 3.05) is 0 Å². The lowest BCUT2D eigenvalue weighted by molar-refractivity contribution is -0.153. The van der Waals surface area contributed by atoms with Crippen molar-refractivity contribution in [2.45, 2.75) is 19.1 Å². The molecule has 1 heterocycles. The molecule has 0 aromatic carbocycles. The van der Waals surface area contributed by atoms with Crippen molar-refractivity contribution in [3.8, 4) is 0 Å². The number of nitrogens with zero attached hydrogens (tertiary/aromatic N) is 1. The Morgan fingerprint density at radius 3 is 2.62 bits per heavy atom. The number of aliphatic hydroxyl groups is 2. The molecule has 0 aliphatic carbocycles. The highest BCUT2D eigenvalue weighted by molar-refractivity contribution is 5.72. The third-order valence-electron chi connectivity index (χ3n) is 1.70. The minimum atomic E-state index is -1.85. The molecular formula is C7H10N2O4. The Morgan fingerprint density at radius 1 is 1.62 bits per heavy atom. The van der Waals surface area contributed by atoms with Crippen LogP contribution in [0.3, 0.4) is 0 Å². The van der Waals surface area contributed by atoms with Crippen LogP contribution in [0.5, 0.6) is 0 Å². The molecule has 13 heavy (non-hydrogen) atoms. The molecule has 72 valence electrons. The third kappa shape index (κ3) is 1.85. The van der Waals surface area contributed by atoms with E-state index in [9.17, 15) is 9.90 Å². The van der Waals surface area contributed by atoms with Gasteiger partial charge in [-0.1, -0.05) is 0 Å². The van der Waals surface area contributed by atoms with E-state index in [1.54, 1.807) is 6.92 Å². The first-order valence-electron chi connectivity index (χ1n) is 3.63. The van der Waals surface area contributed by atoms with Crippen molar-refractivity contribution in [2.24, 2.45) is 0 Å². The van der Waals surface area contributed by atoms with Crippen LogP contribution in [-0.2, 0) is 4.79 Å². The van der Waals surface area contributed by atoms with Crippen LogP contribution in [0, 0.1) is 6.92 Å². The van der Waals surface area contributed by atoms with Crippen LogP contribution in [-0.4, -0.2) is 37.4 Å². The molecule has 0 saturated heterocycles. The van der Waals surface area contributed by atoms with Gasteiger partial charge in [0.05, 0.1) is 12.0 Å². The average Bonchev–Trinajstić information content (AvgIpc) is 2.48. The van der Waals surface area contributed by atoms with E-state index in [2.05, 4.69) is 9.97 Å². The number of carboxylic acids is 1. The zero-order chi connectivity index (χ0) is 10.0. The largest absolute Gasteiger partial charge is 0.479 e. The van der Waals surface area contributed by atoms with E-state index in [1.807, 2.05) is 0 Å². The molecule has 4 N–H and O–H groups in total. The summed E-state index contributed by atoms with van der Waals surface area (Å²) >= 11 is 0. The second kappa shape index (κ2) is 3.55. The van der Waals surface area contributed by atoms with Crippen LogP contribution in [0.25, 0.3) is 0 Å². The summed E-state index contributed by atoms with van der Waals surface area (Å²) in [5.74, 6) is -1.48. The topological polar surface area (TPSA) is 106 Å². The molecule has 0 fully saturated rings. The Labute approximate surface area is 73.9 Å². The van der Waals surface area contributed by atoms with Crippen LogP contribution >= 0.6 is 0 Å². The Hall–Kier alpha value is -1.40. The summed E-state index contributed by atoms with van der Waals surface area (Å²) in [5, 5.41) is 26.7. The number of aliphatic hydroxyl groups excluding tert-OH is 2. The minimum absolute atomic E-state index is 0.148. The van der Waals surface area contributed by atoms with Gasteiger partial charge in [-0.2, -0.15) is 0 Å². The lowest BCUT2D eigenvalue weighted by Crippen LogP contribution is -2.28. The van der Waals surface area contributed by atoms with Crippen molar-refractivity contribution >= 4 is 5.97 Å². The smallest absolute Gasteiger partial charge is 0.335 e. The van der Waals surface area contributed by atoms with Crippen molar-refractivity contribution in [3.63, 3.8) is 0 Å². The van der Waals surface area contributed by atoms with E-state index in [0.717, 1.165) is 0 Å². The number of carbonyl (C=O) groups is 1. The van der Waals surface area contributed by atoms with Gasteiger partial charge in [0.1, 0.15) is 6.10 Å². The molecular weight excluding hydrogens is 176 g/mol. The fourth-order valence-corrected chi connectivity index (χ4v) is 0.952. The van der Waals surface area contributed by atoms with Crippen molar-refractivity contribution in [1.82, 2.24) is 9.97 Å². The van der Waals surface area contributed by atoms with Crippen LogP contribution in [0.15, 0.2) is 6.33 Å². The highest BCUT2D eigenvalue weighted by Gasteiger charge is 2.27. The number of aryl methyl sites for hydroxylation is 1. The maximum absolute atomic E-state index is 10.3. The molecule has 2 unspecified atom stereocenters. The zero-order valence-corrected chi connectivity index (χ0v) is 6.93. The number of aromatic amines is 1.